The molecule has 102 valence electrons. The average molecular weight is 269 g/mol. The molecule has 2 aromatic carbocycles. The molecule has 0 bridgehead atoms. The van der Waals surface area contributed by atoms with Crippen molar-refractivity contribution in [3.05, 3.63) is 65.5 Å². The van der Waals surface area contributed by atoms with Gasteiger partial charge in [-0.3, -0.25) is 4.99 Å². The van der Waals surface area contributed by atoms with Crippen molar-refractivity contribution in [3.8, 4) is 0 Å². The fourth-order valence-corrected chi connectivity index (χ4v) is 2.37. The maximum atomic E-state index is 14.1. The van der Waals surface area contributed by atoms with Crippen molar-refractivity contribution in [1.29, 1.82) is 0 Å². The first-order valence-electron chi connectivity index (χ1n) is 6.65. The standard InChI is InChI=1S/C16H16FN3/c17-14-7-3-1-5-12(14)16-13-6-2-4-8-15(13)19-10-11(9-18)20-16/h1-8,11,19H,9-10,18H2. The molecular weight excluding hydrogens is 253 g/mol. The van der Waals surface area contributed by atoms with Crippen LogP contribution in [0.3, 0.4) is 0 Å². The van der Waals surface area contributed by atoms with E-state index in [0.717, 1.165) is 11.3 Å². The van der Waals surface area contributed by atoms with Gasteiger partial charge in [-0.15, -0.1) is 0 Å². The second-order valence-electron chi connectivity index (χ2n) is 4.77. The molecule has 0 fully saturated rings. The Hall–Kier alpha value is -2.20. The minimum Gasteiger partial charge on any atom is -0.382 e. The van der Waals surface area contributed by atoms with Gasteiger partial charge in [0, 0.05) is 29.9 Å². The first-order valence-corrected chi connectivity index (χ1v) is 6.65. The minimum absolute atomic E-state index is 0.0583. The number of nitrogens with zero attached hydrogens (tertiary/aromatic N) is 1. The van der Waals surface area contributed by atoms with Gasteiger partial charge in [-0.1, -0.05) is 30.3 Å². The van der Waals surface area contributed by atoms with Gasteiger partial charge in [0.05, 0.1) is 11.8 Å². The van der Waals surface area contributed by atoms with Crippen molar-refractivity contribution in [2.75, 3.05) is 18.4 Å². The van der Waals surface area contributed by atoms with E-state index in [1.165, 1.54) is 6.07 Å². The topological polar surface area (TPSA) is 50.4 Å². The summed E-state index contributed by atoms with van der Waals surface area (Å²) >= 11 is 0. The van der Waals surface area contributed by atoms with Crippen molar-refractivity contribution >= 4 is 11.4 Å². The Bertz CT molecular complexity index is 652. The first-order chi connectivity index (χ1) is 9.79. The van der Waals surface area contributed by atoms with Crippen LogP contribution in [-0.2, 0) is 0 Å². The van der Waals surface area contributed by atoms with Crippen LogP contribution in [0.5, 0.6) is 0 Å². The van der Waals surface area contributed by atoms with Gasteiger partial charge in [0.25, 0.3) is 0 Å². The van der Waals surface area contributed by atoms with E-state index in [-0.39, 0.29) is 11.9 Å². The highest BCUT2D eigenvalue weighted by atomic mass is 19.1. The summed E-state index contributed by atoms with van der Waals surface area (Å²) in [5.74, 6) is -0.265. The molecule has 0 spiro atoms. The third kappa shape index (κ3) is 2.30. The monoisotopic (exact) mass is 269 g/mol. The summed E-state index contributed by atoms with van der Waals surface area (Å²) < 4.78 is 14.1. The van der Waals surface area contributed by atoms with E-state index in [0.29, 0.717) is 24.4 Å². The zero-order valence-corrected chi connectivity index (χ0v) is 11.0. The fourth-order valence-electron chi connectivity index (χ4n) is 2.37. The highest BCUT2D eigenvalue weighted by Crippen LogP contribution is 2.24. The molecule has 0 saturated heterocycles. The lowest BCUT2D eigenvalue weighted by atomic mass is 10.00. The Labute approximate surface area is 117 Å². The van der Waals surface area contributed by atoms with Crippen LogP contribution in [0.1, 0.15) is 11.1 Å². The summed E-state index contributed by atoms with van der Waals surface area (Å²) in [6.07, 6.45) is 0. The van der Waals surface area contributed by atoms with Crippen molar-refractivity contribution < 1.29 is 4.39 Å². The lowest BCUT2D eigenvalue weighted by Crippen LogP contribution is -2.26. The zero-order valence-electron chi connectivity index (χ0n) is 11.0. The van der Waals surface area contributed by atoms with Gasteiger partial charge in [-0.05, 0) is 18.2 Å². The number of para-hydroxylation sites is 1. The predicted molar refractivity (Wildman–Crippen MR) is 79.8 cm³/mol. The van der Waals surface area contributed by atoms with E-state index < -0.39 is 0 Å². The van der Waals surface area contributed by atoms with Crippen LogP contribution < -0.4 is 11.1 Å². The number of rotatable bonds is 2. The molecule has 3 rings (SSSR count). The molecule has 0 amide bonds. The first kappa shape index (κ1) is 12.8. The van der Waals surface area contributed by atoms with E-state index in [1.807, 2.05) is 30.3 Å². The predicted octanol–water partition coefficient (Wildman–Crippen LogP) is 2.42. The quantitative estimate of drug-likeness (QED) is 0.879. The highest BCUT2D eigenvalue weighted by molar-refractivity contribution is 6.16. The Morgan fingerprint density at radius 1 is 1.10 bits per heavy atom. The molecule has 20 heavy (non-hydrogen) atoms. The second kappa shape index (κ2) is 5.43. The lowest BCUT2D eigenvalue weighted by molar-refractivity contribution is 0.624. The van der Waals surface area contributed by atoms with E-state index in [1.54, 1.807) is 12.1 Å². The molecular formula is C16H16FN3. The fraction of sp³-hybridized carbons (Fsp3) is 0.188. The Balaban J connectivity index is 2.19. The SMILES string of the molecule is NCC1CNc2ccccc2C(c2ccccc2F)=N1. The Morgan fingerprint density at radius 3 is 2.55 bits per heavy atom. The number of nitrogens with one attached hydrogen (secondary N) is 1. The van der Waals surface area contributed by atoms with Crippen LogP contribution in [-0.4, -0.2) is 24.8 Å². The molecule has 0 aromatic heterocycles. The maximum Gasteiger partial charge on any atom is 0.132 e. The van der Waals surface area contributed by atoms with Gasteiger partial charge in [0.2, 0.25) is 0 Å². The van der Waals surface area contributed by atoms with Crippen molar-refractivity contribution in [2.45, 2.75) is 6.04 Å². The van der Waals surface area contributed by atoms with Crippen molar-refractivity contribution in [3.63, 3.8) is 0 Å². The zero-order chi connectivity index (χ0) is 13.9. The average Bonchev–Trinajstić information content (AvgIpc) is 2.67. The number of benzene rings is 2. The molecule has 3 N–H and O–H groups in total. The number of hydrogen-bond donors (Lipinski definition) is 2. The summed E-state index contributed by atoms with van der Waals surface area (Å²) in [7, 11) is 0. The van der Waals surface area contributed by atoms with Gasteiger partial charge < -0.3 is 11.1 Å². The number of hydrogen-bond acceptors (Lipinski definition) is 3. The maximum absolute atomic E-state index is 14.1. The van der Waals surface area contributed by atoms with Crippen LogP contribution in [0.15, 0.2) is 53.5 Å². The smallest absolute Gasteiger partial charge is 0.132 e. The Kier molecular flexibility index (Phi) is 3.48. The number of nitrogens with two attached hydrogens (primary N) is 1. The third-order valence-corrected chi connectivity index (χ3v) is 3.42. The molecule has 0 radical (unpaired) electrons. The van der Waals surface area contributed by atoms with E-state index in [4.69, 9.17) is 5.73 Å². The van der Waals surface area contributed by atoms with Crippen LogP contribution in [0.2, 0.25) is 0 Å². The van der Waals surface area contributed by atoms with Crippen molar-refractivity contribution in [2.24, 2.45) is 10.7 Å². The molecule has 3 nitrogen and oxygen atoms in total. The molecule has 1 unspecified atom stereocenters. The third-order valence-electron chi connectivity index (χ3n) is 3.42. The molecule has 2 aromatic rings. The van der Waals surface area contributed by atoms with Gasteiger partial charge in [-0.2, -0.15) is 0 Å². The number of anilines is 1. The normalized spacial score (nSPS) is 17.7. The van der Waals surface area contributed by atoms with E-state index >= 15 is 0 Å². The van der Waals surface area contributed by atoms with Gasteiger partial charge in [0.15, 0.2) is 0 Å². The Morgan fingerprint density at radius 2 is 1.80 bits per heavy atom. The molecule has 0 saturated carbocycles. The van der Waals surface area contributed by atoms with Gasteiger partial charge in [0.1, 0.15) is 5.82 Å². The molecule has 0 aliphatic carbocycles. The number of aliphatic imine (C=N–C) groups is 1. The molecule has 1 heterocycles. The highest BCUT2D eigenvalue weighted by Gasteiger charge is 2.20. The minimum atomic E-state index is -0.265. The van der Waals surface area contributed by atoms with Gasteiger partial charge in [-0.25, -0.2) is 4.39 Å². The van der Waals surface area contributed by atoms with Crippen molar-refractivity contribution in [1.82, 2.24) is 0 Å². The summed E-state index contributed by atoms with van der Waals surface area (Å²) in [5.41, 5.74) is 8.80. The molecule has 1 aliphatic heterocycles. The summed E-state index contributed by atoms with van der Waals surface area (Å²) in [4.78, 5) is 4.66. The number of halogens is 1. The van der Waals surface area contributed by atoms with Gasteiger partial charge >= 0.3 is 0 Å². The lowest BCUT2D eigenvalue weighted by Gasteiger charge is -2.10. The molecule has 4 heteroatoms. The summed E-state index contributed by atoms with van der Waals surface area (Å²) in [6.45, 7) is 1.09. The molecule has 1 aliphatic rings. The van der Waals surface area contributed by atoms with Crippen LogP contribution in [0, 0.1) is 5.82 Å². The second-order valence-corrected chi connectivity index (χ2v) is 4.77. The number of fused-ring (bicyclic) bond motifs is 1. The largest absolute Gasteiger partial charge is 0.382 e. The van der Waals surface area contributed by atoms with E-state index in [9.17, 15) is 4.39 Å². The van der Waals surface area contributed by atoms with E-state index in [2.05, 4.69) is 10.3 Å². The summed E-state index contributed by atoms with van der Waals surface area (Å²) in [6, 6.07) is 14.5. The van der Waals surface area contributed by atoms with Crippen LogP contribution in [0.4, 0.5) is 10.1 Å². The van der Waals surface area contributed by atoms with Crippen LogP contribution in [0.25, 0.3) is 0 Å². The molecule has 1 atom stereocenters. The summed E-state index contributed by atoms with van der Waals surface area (Å²) in [5, 5.41) is 3.33. The van der Waals surface area contributed by atoms with Crippen LogP contribution >= 0.6 is 0 Å². The number of benzodiazepines with no additional fused rings is 1.